The van der Waals surface area contributed by atoms with E-state index in [2.05, 4.69) is 36.9 Å². The first-order valence-electron chi connectivity index (χ1n) is 14.9. The van der Waals surface area contributed by atoms with E-state index >= 15 is 0 Å². The van der Waals surface area contributed by atoms with Crippen LogP contribution in [0.4, 0.5) is 0 Å². The number of hydrogen-bond donors (Lipinski definition) is 4. The van der Waals surface area contributed by atoms with Crippen LogP contribution in [0.15, 0.2) is 101 Å². The molecule has 0 spiro atoms. The van der Waals surface area contributed by atoms with Crippen molar-refractivity contribution in [2.24, 2.45) is 5.73 Å². The first kappa shape index (κ1) is 33.5. The van der Waals surface area contributed by atoms with Gasteiger partial charge in [-0.3, -0.25) is 5.41 Å². The van der Waals surface area contributed by atoms with Crippen molar-refractivity contribution in [1.29, 1.82) is 5.41 Å². The molecule has 2 unspecified atom stereocenters. The number of nitrogens with zero attached hydrogens (tertiary/aromatic N) is 1. The van der Waals surface area contributed by atoms with Crippen LogP contribution < -0.4 is 15.2 Å². The quantitative estimate of drug-likeness (QED) is 0.0668. The Morgan fingerprint density at radius 1 is 0.844 bits per heavy atom. The normalized spacial score (nSPS) is 16.7. The number of benzene rings is 4. The molecule has 0 amide bonds. The third-order valence-corrected chi connectivity index (χ3v) is 12.1. The molecule has 0 saturated carbocycles. The molecule has 2 atom stereocenters. The van der Waals surface area contributed by atoms with Crippen molar-refractivity contribution in [2.45, 2.75) is 54.0 Å². The number of hydrogen-bond acceptors (Lipinski definition) is 6. The summed E-state index contributed by atoms with van der Waals surface area (Å²) in [5.74, 6) is -1.56. The van der Waals surface area contributed by atoms with Crippen molar-refractivity contribution < 1.29 is 16.8 Å². The molecule has 0 radical (unpaired) electrons. The fourth-order valence-electron chi connectivity index (χ4n) is 5.99. The molecule has 12 heteroatoms. The van der Waals surface area contributed by atoms with Gasteiger partial charge in [0.15, 0.2) is 5.66 Å². The zero-order chi connectivity index (χ0) is 32.2. The molecule has 0 aliphatic carbocycles. The van der Waals surface area contributed by atoms with Crippen LogP contribution in [-0.2, 0) is 20.0 Å². The molecule has 0 aromatic heterocycles. The summed E-state index contributed by atoms with van der Waals surface area (Å²) in [5.41, 5.74) is 5.68. The predicted octanol–water partition coefficient (Wildman–Crippen LogP) is 5.30. The van der Waals surface area contributed by atoms with Gasteiger partial charge in [-0.25, -0.2) is 16.8 Å². The van der Waals surface area contributed by atoms with Crippen molar-refractivity contribution in [2.75, 3.05) is 19.6 Å². The Kier molecular flexibility index (Phi) is 10.3. The van der Waals surface area contributed by atoms with Gasteiger partial charge in [0.25, 0.3) is 0 Å². The number of aryl methyl sites for hydroxylation is 1. The second-order valence-electron chi connectivity index (χ2n) is 11.5. The zero-order valence-electron chi connectivity index (χ0n) is 25.0. The Morgan fingerprint density at radius 3 is 2.00 bits per heavy atom. The largest absolute Gasteiger partial charge is 0.385 e. The van der Waals surface area contributed by atoms with E-state index in [0.717, 1.165) is 52.3 Å². The van der Waals surface area contributed by atoms with Gasteiger partial charge in [-0.15, -0.1) is 0 Å². The summed E-state index contributed by atoms with van der Waals surface area (Å²) in [7, 11) is -8.81. The maximum Gasteiger partial charge on any atom is 0.242 e. The minimum absolute atomic E-state index is 0.0695. The van der Waals surface area contributed by atoms with Crippen LogP contribution in [0, 0.1) is 15.9 Å². The molecule has 4 aromatic carbocycles. The van der Waals surface area contributed by atoms with Crippen molar-refractivity contribution in [1.82, 2.24) is 14.3 Å². The molecule has 1 fully saturated rings. The highest BCUT2D eigenvalue weighted by Crippen LogP contribution is 2.37. The van der Waals surface area contributed by atoms with Crippen LogP contribution in [0.5, 0.6) is 0 Å². The molecule has 5 N–H and O–H groups in total. The van der Waals surface area contributed by atoms with Gasteiger partial charge in [-0.05, 0) is 121 Å². The average molecular weight is 760 g/mol. The van der Waals surface area contributed by atoms with Gasteiger partial charge in [0.2, 0.25) is 20.0 Å². The minimum Gasteiger partial charge on any atom is -0.385 e. The van der Waals surface area contributed by atoms with Crippen LogP contribution in [0.1, 0.15) is 42.7 Å². The number of amidine groups is 1. The van der Waals surface area contributed by atoms with Gasteiger partial charge in [-0.2, -0.15) is 9.44 Å². The van der Waals surface area contributed by atoms with Gasteiger partial charge in [0.05, 0.1) is 9.79 Å². The Morgan fingerprint density at radius 2 is 1.40 bits per heavy atom. The highest BCUT2D eigenvalue weighted by molar-refractivity contribution is 14.1. The molecule has 1 aliphatic heterocycles. The lowest BCUT2D eigenvalue weighted by Gasteiger charge is -2.42. The highest BCUT2D eigenvalue weighted by Gasteiger charge is 2.49. The van der Waals surface area contributed by atoms with Crippen LogP contribution in [0.25, 0.3) is 10.8 Å². The fraction of sp³-hybridized carbons (Fsp3) is 0.303. The molecule has 0 bridgehead atoms. The number of halogens is 1. The summed E-state index contributed by atoms with van der Waals surface area (Å²) in [6, 6.07) is 25.8. The standard InChI is InChI=1S/C33H38IN5O4S2/c1-24-12-16-27(17-13-24)44(40,41)37-33(32(35)36,38-45(42,43)28-18-14-26(34)15-19-28)31(20-23-39-21-5-2-6-22-39)30-11-7-9-25-8-3-4-10-29(25)30/h3-4,7-19,31,37-38H,2,5-6,20-23H2,1H3,(H3,35,36). The number of nitrogens with two attached hydrogens (primary N) is 1. The first-order chi connectivity index (χ1) is 21.4. The SMILES string of the molecule is Cc1ccc(S(=O)(=O)NC(NS(=O)(=O)c2ccc(I)cc2)(C(=N)N)C(CCN2CCCCC2)c2cccc3ccccc23)cc1. The van der Waals surface area contributed by atoms with E-state index in [0.29, 0.717) is 18.5 Å². The minimum atomic E-state index is -4.41. The summed E-state index contributed by atoms with van der Waals surface area (Å²) < 4.78 is 62.6. The number of sulfonamides is 2. The van der Waals surface area contributed by atoms with E-state index in [1.54, 1.807) is 24.3 Å². The molecule has 1 saturated heterocycles. The third kappa shape index (κ3) is 7.58. The number of piperidine rings is 1. The predicted molar refractivity (Wildman–Crippen MR) is 187 cm³/mol. The average Bonchev–Trinajstić information content (AvgIpc) is 3.01. The lowest BCUT2D eigenvalue weighted by Crippen LogP contribution is -2.70. The Bertz CT molecular complexity index is 1790. The van der Waals surface area contributed by atoms with E-state index < -0.39 is 37.5 Å². The van der Waals surface area contributed by atoms with Crippen molar-refractivity contribution in [3.05, 3.63) is 106 Å². The van der Waals surface area contributed by atoms with E-state index in [9.17, 15) is 16.8 Å². The Balaban J connectivity index is 1.73. The summed E-state index contributed by atoms with van der Waals surface area (Å²) in [6.45, 7) is 4.17. The van der Waals surface area contributed by atoms with Gasteiger partial charge in [0, 0.05) is 9.49 Å². The number of nitrogens with one attached hydrogen (secondary N) is 3. The van der Waals surface area contributed by atoms with E-state index in [-0.39, 0.29) is 9.79 Å². The van der Waals surface area contributed by atoms with Gasteiger partial charge < -0.3 is 10.6 Å². The topological polar surface area (TPSA) is 145 Å². The molecular formula is C33H38IN5O4S2. The Hall–Kier alpha value is -2.88. The monoisotopic (exact) mass is 759 g/mol. The summed E-state index contributed by atoms with van der Waals surface area (Å²) in [4.78, 5) is 2.16. The van der Waals surface area contributed by atoms with Gasteiger partial charge >= 0.3 is 0 Å². The second kappa shape index (κ2) is 13.9. The lowest BCUT2D eigenvalue weighted by atomic mass is 9.81. The van der Waals surface area contributed by atoms with Gasteiger partial charge in [-0.1, -0.05) is 66.6 Å². The first-order valence-corrected chi connectivity index (χ1v) is 18.9. The summed E-state index contributed by atoms with van der Waals surface area (Å²) >= 11 is 2.08. The van der Waals surface area contributed by atoms with Crippen molar-refractivity contribution >= 4 is 59.2 Å². The summed E-state index contributed by atoms with van der Waals surface area (Å²) in [6.07, 6.45) is 3.57. The molecule has 238 valence electrons. The van der Waals surface area contributed by atoms with Crippen molar-refractivity contribution in [3.8, 4) is 0 Å². The summed E-state index contributed by atoms with van der Waals surface area (Å²) in [5, 5.41) is 10.7. The molecule has 45 heavy (non-hydrogen) atoms. The number of rotatable bonds is 12. The molecule has 4 aromatic rings. The van der Waals surface area contributed by atoms with Crippen LogP contribution >= 0.6 is 22.6 Å². The highest BCUT2D eigenvalue weighted by atomic mass is 127. The molecule has 5 rings (SSSR count). The van der Waals surface area contributed by atoms with Crippen molar-refractivity contribution in [3.63, 3.8) is 0 Å². The Labute approximate surface area is 279 Å². The van der Waals surface area contributed by atoms with Crippen LogP contribution in [0.3, 0.4) is 0 Å². The van der Waals surface area contributed by atoms with E-state index in [1.165, 1.54) is 24.3 Å². The smallest absolute Gasteiger partial charge is 0.242 e. The zero-order valence-corrected chi connectivity index (χ0v) is 28.8. The fourth-order valence-corrected chi connectivity index (χ4v) is 9.09. The maximum atomic E-state index is 14.1. The van der Waals surface area contributed by atoms with Gasteiger partial charge in [0.1, 0.15) is 5.84 Å². The van der Waals surface area contributed by atoms with E-state index in [4.69, 9.17) is 11.1 Å². The lowest BCUT2D eigenvalue weighted by molar-refractivity contribution is 0.210. The third-order valence-electron chi connectivity index (χ3n) is 8.37. The molecule has 1 aliphatic rings. The maximum absolute atomic E-state index is 14.1. The molecular weight excluding hydrogens is 721 g/mol. The second-order valence-corrected chi connectivity index (χ2v) is 16.1. The number of fused-ring (bicyclic) bond motifs is 1. The molecule has 9 nitrogen and oxygen atoms in total. The number of likely N-dealkylation sites (tertiary alicyclic amines) is 1. The van der Waals surface area contributed by atoms with Crippen LogP contribution in [0.2, 0.25) is 0 Å². The molecule has 1 heterocycles. The van der Waals surface area contributed by atoms with E-state index in [1.807, 2.05) is 49.4 Å². The van der Waals surface area contributed by atoms with Crippen LogP contribution in [-0.4, -0.2) is 52.9 Å².